The zero-order chi connectivity index (χ0) is 18.2. The molecule has 1 aromatic heterocycles. The summed E-state index contributed by atoms with van der Waals surface area (Å²) < 4.78 is 0. The molecule has 2 rings (SSSR count). The molecule has 0 amide bonds. The minimum Gasteiger partial charge on any atom is -0.356 e. The van der Waals surface area contributed by atoms with Gasteiger partial charge in [0, 0.05) is 51.2 Å². The van der Waals surface area contributed by atoms with Gasteiger partial charge in [-0.1, -0.05) is 0 Å². The standard InChI is InChI=1S/C18H35N7/c1-14(2)25(15(3)4)10-6-9-20-18(19-5)24-11-7-16(8-12-24)17-21-13-22-23-17/h13-16H,6-12H2,1-5H3,(H,19,20)(H,21,22,23). The molecule has 7 heteroatoms. The molecule has 0 radical (unpaired) electrons. The summed E-state index contributed by atoms with van der Waals surface area (Å²) in [5.41, 5.74) is 0. The maximum Gasteiger partial charge on any atom is 0.193 e. The van der Waals surface area contributed by atoms with Crippen LogP contribution < -0.4 is 5.32 Å². The molecule has 0 aromatic carbocycles. The first-order valence-electron chi connectivity index (χ1n) is 9.59. The molecule has 1 aliphatic rings. The molecule has 0 spiro atoms. The number of guanidine groups is 1. The molecule has 2 N–H and O–H groups in total. The van der Waals surface area contributed by atoms with E-state index in [2.05, 4.69) is 63.0 Å². The van der Waals surface area contributed by atoms with Crippen LogP contribution in [0, 0.1) is 0 Å². The summed E-state index contributed by atoms with van der Waals surface area (Å²) in [6.07, 6.45) is 4.90. The van der Waals surface area contributed by atoms with Crippen LogP contribution in [-0.4, -0.2) is 76.3 Å². The van der Waals surface area contributed by atoms with E-state index in [1.54, 1.807) is 6.33 Å². The number of piperidine rings is 1. The Morgan fingerprint density at radius 3 is 2.52 bits per heavy atom. The number of hydrogen-bond acceptors (Lipinski definition) is 4. The molecule has 142 valence electrons. The zero-order valence-corrected chi connectivity index (χ0v) is 16.5. The molecule has 7 nitrogen and oxygen atoms in total. The maximum atomic E-state index is 4.47. The van der Waals surface area contributed by atoms with E-state index in [1.165, 1.54) is 0 Å². The molecule has 1 aliphatic heterocycles. The largest absolute Gasteiger partial charge is 0.356 e. The van der Waals surface area contributed by atoms with Crippen LogP contribution in [0.4, 0.5) is 0 Å². The van der Waals surface area contributed by atoms with Crippen molar-refractivity contribution < 1.29 is 0 Å². The van der Waals surface area contributed by atoms with E-state index >= 15 is 0 Å². The number of H-pyrrole nitrogens is 1. The van der Waals surface area contributed by atoms with Gasteiger partial charge >= 0.3 is 0 Å². The van der Waals surface area contributed by atoms with E-state index in [0.29, 0.717) is 18.0 Å². The second-order valence-electron chi connectivity index (χ2n) is 7.38. The van der Waals surface area contributed by atoms with Crippen molar-refractivity contribution in [2.45, 2.75) is 65.0 Å². The van der Waals surface area contributed by atoms with E-state index in [-0.39, 0.29) is 0 Å². The number of nitrogens with zero attached hydrogens (tertiary/aromatic N) is 5. The summed E-state index contributed by atoms with van der Waals surface area (Å²) in [4.78, 5) is 13.7. The first-order chi connectivity index (χ1) is 12.0. The Hall–Kier alpha value is -1.63. The van der Waals surface area contributed by atoms with Gasteiger partial charge in [-0.05, 0) is 47.0 Å². The minimum atomic E-state index is 0.488. The average molecular weight is 350 g/mol. The van der Waals surface area contributed by atoms with Gasteiger partial charge in [0.05, 0.1) is 0 Å². The van der Waals surface area contributed by atoms with Gasteiger partial charge in [-0.25, -0.2) is 4.98 Å². The Morgan fingerprint density at radius 2 is 2.00 bits per heavy atom. The molecule has 0 atom stereocenters. The number of hydrogen-bond donors (Lipinski definition) is 2. The third-order valence-corrected chi connectivity index (χ3v) is 5.03. The third kappa shape index (κ3) is 5.70. The normalized spacial score (nSPS) is 17.1. The number of aromatic amines is 1. The summed E-state index contributed by atoms with van der Waals surface area (Å²) in [7, 11) is 1.87. The van der Waals surface area contributed by atoms with Gasteiger partial charge in [0.1, 0.15) is 12.2 Å². The minimum absolute atomic E-state index is 0.488. The van der Waals surface area contributed by atoms with E-state index in [0.717, 1.165) is 57.2 Å². The first-order valence-corrected chi connectivity index (χ1v) is 9.59. The van der Waals surface area contributed by atoms with Gasteiger partial charge in [-0.3, -0.25) is 15.0 Å². The van der Waals surface area contributed by atoms with Gasteiger partial charge in [-0.15, -0.1) is 0 Å². The fourth-order valence-corrected chi connectivity index (χ4v) is 3.68. The predicted octanol–water partition coefficient (Wildman–Crippen LogP) is 2.07. The van der Waals surface area contributed by atoms with E-state index in [4.69, 9.17) is 0 Å². The van der Waals surface area contributed by atoms with Crippen LogP contribution in [0.25, 0.3) is 0 Å². The van der Waals surface area contributed by atoms with Crippen LogP contribution in [0.2, 0.25) is 0 Å². The van der Waals surface area contributed by atoms with E-state index < -0.39 is 0 Å². The lowest BCUT2D eigenvalue weighted by Gasteiger charge is -2.34. The van der Waals surface area contributed by atoms with Crippen molar-refractivity contribution in [3.8, 4) is 0 Å². The topological polar surface area (TPSA) is 72.4 Å². The highest BCUT2D eigenvalue weighted by Crippen LogP contribution is 2.24. The molecule has 1 saturated heterocycles. The first kappa shape index (κ1) is 19.7. The molecule has 25 heavy (non-hydrogen) atoms. The molecule has 2 heterocycles. The molecule has 1 fully saturated rings. The summed E-state index contributed by atoms with van der Waals surface area (Å²) in [5, 5.41) is 10.5. The van der Waals surface area contributed by atoms with Crippen molar-refractivity contribution in [2.75, 3.05) is 33.2 Å². The monoisotopic (exact) mass is 349 g/mol. The number of nitrogens with one attached hydrogen (secondary N) is 2. The van der Waals surface area contributed by atoms with Crippen molar-refractivity contribution in [2.24, 2.45) is 4.99 Å². The van der Waals surface area contributed by atoms with Crippen molar-refractivity contribution in [3.63, 3.8) is 0 Å². The molecule has 0 aliphatic carbocycles. The van der Waals surface area contributed by atoms with Gasteiger partial charge in [0.15, 0.2) is 5.96 Å². The molecular formula is C18H35N7. The Labute approximate surface area is 152 Å². The van der Waals surface area contributed by atoms with E-state index in [9.17, 15) is 0 Å². The molecular weight excluding hydrogens is 314 g/mol. The van der Waals surface area contributed by atoms with Gasteiger partial charge in [0.25, 0.3) is 0 Å². The SMILES string of the molecule is CN=C(NCCCN(C(C)C)C(C)C)N1CCC(c2ncn[nH]2)CC1. The molecule has 1 aromatic rings. The van der Waals surface area contributed by atoms with Crippen LogP contribution in [-0.2, 0) is 0 Å². The van der Waals surface area contributed by atoms with Crippen LogP contribution in [0.15, 0.2) is 11.3 Å². The molecule has 0 unspecified atom stereocenters. The summed E-state index contributed by atoms with van der Waals surface area (Å²) in [6.45, 7) is 13.2. The molecule has 0 bridgehead atoms. The lowest BCUT2D eigenvalue weighted by molar-refractivity contribution is 0.173. The highest BCUT2D eigenvalue weighted by Gasteiger charge is 2.24. The average Bonchev–Trinajstić information content (AvgIpc) is 3.12. The third-order valence-electron chi connectivity index (χ3n) is 5.03. The van der Waals surface area contributed by atoms with Crippen LogP contribution >= 0.6 is 0 Å². The predicted molar refractivity (Wildman–Crippen MR) is 103 cm³/mol. The summed E-state index contributed by atoms with van der Waals surface area (Å²) in [5.74, 6) is 2.53. The Morgan fingerprint density at radius 1 is 1.32 bits per heavy atom. The van der Waals surface area contributed by atoms with Crippen LogP contribution in [0.1, 0.15) is 58.7 Å². The Kier molecular flexibility index (Phi) is 7.68. The van der Waals surface area contributed by atoms with Crippen molar-refractivity contribution >= 4 is 5.96 Å². The number of aliphatic imine (C=N–C) groups is 1. The van der Waals surface area contributed by atoms with Gasteiger partial charge < -0.3 is 10.2 Å². The smallest absolute Gasteiger partial charge is 0.193 e. The second-order valence-corrected chi connectivity index (χ2v) is 7.38. The maximum absolute atomic E-state index is 4.47. The number of likely N-dealkylation sites (tertiary alicyclic amines) is 1. The number of rotatable bonds is 7. The van der Waals surface area contributed by atoms with E-state index in [1.807, 2.05) is 7.05 Å². The number of aromatic nitrogens is 3. The lowest BCUT2D eigenvalue weighted by atomic mass is 9.96. The Balaban J connectivity index is 1.72. The Bertz CT molecular complexity index is 494. The fourth-order valence-electron chi connectivity index (χ4n) is 3.68. The zero-order valence-electron chi connectivity index (χ0n) is 16.5. The molecule has 0 saturated carbocycles. The van der Waals surface area contributed by atoms with Crippen LogP contribution in [0.5, 0.6) is 0 Å². The van der Waals surface area contributed by atoms with Crippen molar-refractivity contribution in [1.82, 2.24) is 30.3 Å². The second kappa shape index (κ2) is 9.75. The summed E-state index contributed by atoms with van der Waals surface area (Å²) in [6, 6.07) is 1.18. The lowest BCUT2D eigenvalue weighted by Crippen LogP contribution is -2.46. The van der Waals surface area contributed by atoms with Gasteiger partial charge in [0.2, 0.25) is 0 Å². The van der Waals surface area contributed by atoms with Crippen LogP contribution in [0.3, 0.4) is 0 Å². The quantitative estimate of drug-likeness (QED) is 0.448. The fraction of sp³-hybridized carbons (Fsp3) is 0.833. The van der Waals surface area contributed by atoms with Crippen molar-refractivity contribution in [3.05, 3.63) is 12.2 Å². The highest BCUT2D eigenvalue weighted by atomic mass is 15.3. The van der Waals surface area contributed by atoms with Gasteiger partial charge in [-0.2, -0.15) is 5.10 Å². The highest BCUT2D eigenvalue weighted by molar-refractivity contribution is 5.79. The van der Waals surface area contributed by atoms with Crippen molar-refractivity contribution in [1.29, 1.82) is 0 Å². The summed E-state index contributed by atoms with van der Waals surface area (Å²) >= 11 is 0.